The fourth-order valence-corrected chi connectivity index (χ4v) is 2.64. The van der Waals surface area contributed by atoms with Crippen LogP contribution in [0, 0.1) is 0 Å². The molecule has 142 valence electrons. The van der Waals surface area contributed by atoms with Crippen molar-refractivity contribution in [3.05, 3.63) is 63.8 Å². The molecule has 2 aromatic rings. The van der Waals surface area contributed by atoms with Crippen molar-refractivity contribution >= 4 is 45.8 Å². The normalized spacial score (nSPS) is 14.5. The van der Waals surface area contributed by atoms with Gasteiger partial charge in [-0.3, -0.25) is 9.59 Å². The Hall–Kier alpha value is -3.26. The molecule has 7 nitrogen and oxygen atoms in total. The standard InChI is InChI=1S/C20H14BrNO6/c1-11(23)26-17-8-3-13(10-18(17)27-12(2)24)9-16-20(25)28-19(22-16)14-4-6-15(21)7-5-14/h3-10H,1-2H3/b16-9-. The highest BCUT2D eigenvalue weighted by Gasteiger charge is 2.24. The lowest BCUT2D eigenvalue weighted by atomic mass is 10.1. The molecule has 3 rings (SSSR count). The number of rotatable bonds is 4. The first-order valence-corrected chi connectivity index (χ1v) is 8.90. The lowest BCUT2D eigenvalue weighted by Gasteiger charge is -2.09. The van der Waals surface area contributed by atoms with Gasteiger partial charge in [-0.2, -0.15) is 0 Å². The third kappa shape index (κ3) is 4.72. The second-order valence-corrected chi connectivity index (χ2v) is 6.65. The molecule has 8 heteroatoms. The Morgan fingerprint density at radius 3 is 2.29 bits per heavy atom. The van der Waals surface area contributed by atoms with E-state index < -0.39 is 17.9 Å². The third-order valence-corrected chi connectivity index (χ3v) is 4.02. The zero-order valence-electron chi connectivity index (χ0n) is 14.9. The Labute approximate surface area is 168 Å². The number of hydrogen-bond acceptors (Lipinski definition) is 7. The predicted molar refractivity (Wildman–Crippen MR) is 104 cm³/mol. The van der Waals surface area contributed by atoms with Crippen LogP contribution in [0.3, 0.4) is 0 Å². The maximum Gasteiger partial charge on any atom is 0.363 e. The molecule has 0 radical (unpaired) electrons. The molecule has 0 spiro atoms. The SMILES string of the molecule is CC(=O)Oc1ccc(/C=C2\N=C(c3ccc(Br)cc3)OC2=O)cc1OC(C)=O. The van der Waals surface area contributed by atoms with Crippen molar-refractivity contribution in [3.8, 4) is 11.5 Å². The van der Waals surface area contributed by atoms with Crippen molar-refractivity contribution in [2.75, 3.05) is 0 Å². The predicted octanol–water partition coefficient (Wildman–Crippen LogP) is 3.64. The Balaban J connectivity index is 1.93. The summed E-state index contributed by atoms with van der Waals surface area (Å²) in [5.74, 6) is -1.38. The van der Waals surface area contributed by atoms with Gasteiger partial charge in [-0.05, 0) is 48.0 Å². The van der Waals surface area contributed by atoms with E-state index in [-0.39, 0.29) is 23.1 Å². The number of ether oxygens (including phenoxy) is 3. The van der Waals surface area contributed by atoms with Crippen molar-refractivity contribution in [1.29, 1.82) is 0 Å². The second-order valence-electron chi connectivity index (χ2n) is 5.74. The molecule has 0 amide bonds. The highest BCUT2D eigenvalue weighted by Crippen LogP contribution is 2.30. The molecular weight excluding hydrogens is 430 g/mol. The summed E-state index contributed by atoms with van der Waals surface area (Å²) in [6, 6.07) is 11.7. The van der Waals surface area contributed by atoms with Gasteiger partial charge in [-0.15, -0.1) is 0 Å². The molecule has 1 heterocycles. The van der Waals surface area contributed by atoms with Crippen LogP contribution in [-0.4, -0.2) is 23.8 Å². The molecule has 0 atom stereocenters. The summed E-state index contributed by atoms with van der Waals surface area (Å²) in [7, 11) is 0. The van der Waals surface area contributed by atoms with E-state index in [1.54, 1.807) is 18.2 Å². The molecule has 0 saturated heterocycles. The maximum absolute atomic E-state index is 12.1. The number of carbonyl (C=O) groups is 3. The molecule has 1 aliphatic heterocycles. The molecule has 0 aliphatic carbocycles. The van der Waals surface area contributed by atoms with Gasteiger partial charge in [0.1, 0.15) is 0 Å². The quantitative estimate of drug-likeness (QED) is 0.406. The summed E-state index contributed by atoms with van der Waals surface area (Å²) in [6.07, 6.45) is 1.48. The number of halogens is 1. The summed E-state index contributed by atoms with van der Waals surface area (Å²) < 4.78 is 16.2. The van der Waals surface area contributed by atoms with Gasteiger partial charge in [0, 0.05) is 23.9 Å². The van der Waals surface area contributed by atoms with Crippen LogP contribution in [0.2, 0.25) is 0 Å². The highest BCUT2D eigenvalue weighted by atomic mass is 79.9. The van der Waals surface area contributed by atoms with Gasteiger partial charge in [-0.1, -0.05) is 22.0 Å². The number of cyclic esters (lactones) is 1. The zero-order chi connectivity index (χ0) is 20.3. The first-order chi connectivity index (χ1) is 13.3. The average molecular weight is 444 g/mol. The molecule has 0 fully saturated rings. The van der Waals surface area contributed by atoms with Gasteiger partial charge in [0.2, 0.25) is 5.90 Å². The van der Waals surface area contributed by atoms with Crippen LogP contribution in [-0.2, 0) is 19.1 Å². The van der Waals surface area contributed by atoms with Gasteiger partial charge < -0.3 is 14.2 Å². The average Bonchev–Trinajstić information content (AvgIpc) is 2.97. The van der Waals surface area contributed by atoms with Crippen LogP contribution in [0.25, 0.3) is 6.08 Å². The van der Waals surface area contributed by atoms with Crippen molar-refractivity contribution in [1.82, 2.24) is 0 Å². The molecule has 0 unspecified atom stereocenters. The minimum Gasteiger partial charge on any atom is -0.423 e. The largest absolute Gasteiger partial charge is 0.423 e. The number of carbonyl (C=O) groups excluding carboxylic acids is 3. The summed E-state index contributed by atoms with van der Waals surface area (Å²) >= 11 is 3.34. The fraction of sp³-hybridized carbons (Fsp3) is 0.100. The number of benzene rings is 2. The Bertz CT molecular complexity index is 1020. The Kier molecular flexibility index (Phi) is 5.70. The molecular formula is C20H14BrNO6. The molecule has 28 heavy (non-hydrogen) atoms. The van der Waals surface area contributed by atoms with Crippen LogP contribution in [0.15, 0.2) is 57.6 Å². The first-order valence-electron chi connectivity index (χ1n) is 8.11. The smallest absolute Gasteiger partial charge is 0.363 e. The Morgan fingerprint density at radius 2 is 1.64 bits per heavy atom. The molecule has 0 N–H and O–H groups in total. The van der Waals surface area contributed by atoms with Crippen LogP contribution in [0.5, 0.6) is 11.5 Å². The lowest BCUT2D eigenvalue weighted by Crippen LogP contribution is -2.07. The number of esters is 3. The van der Waals surface area contributed by atoms with Crippen molar-refractivity contribution in [3.63, 3.8) is 0 Å². The minimum absolute atomic E-state index is 0.0560. The van der Waals surface area contributed by atoms with E-state index in [1.807, 2.05) is 12.1 Å². The van der Waals surface area contributed by atoms with Gasteiger partial charge in [0.25, 0.3) is 0 Å². The molecule has 2 aromatic carbocycles. The van der Waals surface area contributed by atoms with Gasteiger partial charge in [-0.25, -0.2) is 9.79 Å². The summed E-state index contributed by atoms with van der Waals surface area (Å²) in [6.45, 7) is 2.46. The van der Waals surface area contributed by atoms with Crippen LogP contribution in [0.4, 0.5) is 0 Å². The van der Waals surface area contributed by atoms with Crippen LogP contribution < -0.4 is 9.47 Å². The lowest BCUT2D eigenvalue weighted by molar-refractivity contribution is -0.134. The molecule has 1 aliphatic rings. The van der Waals surface area contributed by atoms with E-state index in [0.29, 0.717) is 11.1 Å². The van der Waals surface area contributed by atoms with E-state index in [9.17, 15) is 14.4 Å². The third-order valence-electron chi connectivity index (χ3n) is 3.49. The second kappa shape index (κ2) is 8.18. The molecule has 0 saturated carbocycles. The highest BCUT2D eigenvalue weighted by molar-refractivity contribution is 9.10. The number of aliphatic imine (C=N–C) groups is 1. The van der Waals surface area contributed by atoms with Crippen molar-refractivity contribution in [2.24, 2.45) is 4.99 Å². The van der Waals surface area contributed by atoms with E-state index in [0.717, 1.165) is 4.47 Å². The Morgan fingerprint density at radius 1 is 1.00 bits per heavy atom. The first kappa shape index (κ1) is 19.5. The van der Waals surface area contributed by atoms with E-state index in [1.165, 1.54) is 32.1 Å². The van der Waals surface area contributed by atoms with Gasteiger partial charge in [0.05, 0.1) is 0 Å². The minimum atomic E-state index is -0.601. The summed E-state index contributed by atoms with van der Waals surface area (Å²) in [4.78, 5) is 38.9. The topological polar surface area (TPSA) is 91.3 Å². The van der Waals surface area contributed by atoms with Crippen molar-refractivity contribution in [2.45, 2.75) is 13.8 Å². The summed E-state index contributed by atoms with van der Waals surface area (Å²) in [5, 5.41) is 0. The molecule has 0 bridgehead atoms. The van der Waals surface area contributed by atoms with Gasteiger partial charge >= 0.3 is 17.9 Å². The number of nitrogens with zero attached hydrogens (tertiary/aromatic N) is 1. The maximum atomic E-state index is 12.1. The fourth-order valence-electron chi connectivity index (χ4n) is 2.37. The van der Waals surface area contributed by atoms with E-state index >= 15 is 0 Å². The van der Waals surface area contributed by atoms with E-state index in [4.69, 9.17) is 14.2 Å². The number of hydrogen-bond donors (Lipinski definition) is 0. The van der Waals surface area contributed by atoms with Crippen molar-refractivity contribution < 1.29 is 28.6 Å². The van der Waals surface area contributed by atoms with Gasteiger partial charge in [0.15, 0.2) is 17.2 Å². The zero-order valence-corrected chi connectivity index (χ0v) is 16.5. The summed E-state index contributed by atoms with van der Waals surface area (Å²) in [5.41, 5.74) is 1.26. The molecule has 0 aromatic heterocycles. The van der Waals surface area contributed by atoms with Crippen LogP contribution in [0.1, 0.15) is 25.0 Å². The van der Waals surface area contributed by atoms with Crippen LogP contribution >= 0.6 is 15.9 Å². The monoisotopic (exact) mass is 443 g/mol. The van der Waals surface area contributed by atoms with E-state index in [2.05, 4.69) is 20.9 Å².